The number of halogens is 2. The highest BCUT2D eigenvalue weighted by atomic mass is 35.5. The maximum atomic E-state index is 6.20. The molecule has 2 aromatic rings. The Bertz CT molecular complexity index is 609. The van der Waals surface area contributed by atoms with Crippen LogP contribution < -0.4 is 14.8 Å². The topological polar surface area (TPSA) is 30.5 Å². The molecule has 118 valence electrons. The zero-order valence-electron chi connectivity index (χ0n) is 12.7. The van der Waals surface area contributed by atoms with Crippen molar-refractivity contribution in [3.63, 3.8) is 0 Å². The van der Waals surface area contributed by atoms with Crippen molar-refractivity contribution in [2.24, 2.45) is 0 Å². The maximum Gasteiger partial charge on any atom is 0.156 e. The number of hydrogen-bond donors (Lipinski definition) is 1. The lowest BCUT2D eigenvalue weighted by atomic mass is 10.2. The summed E-state index contributed by atoms with van der Waals surface area (Å²) in [6, 6.07) is 11.7. The van der Waals surface area contributed by atoms with E-state index in [-0.39, 0.29) is 0 Å². The van der Waals surface area contributed by atoms with Crippen LogP contribution in [0.15, 0.2) is 36.4 Å². The van der Waals surface area contributed by atoms with E-state index in [0.29, 0.717) is 35.5 Å². The van der Waals surface area contributed by atoms with E-state index in [1.165, 1.54) is 0 Å². The molecular weight excluding hydrogens is 321 g/mol. The lowest BCUT2D eigenvalue weighted by molar-refractivity contribution is 0.340. The molecule has 0 saturated carbocycles. The van der Waals surface area contributed by atoms with Gasteiger partial charge in [0.1, 0.15) is 5.75 Å². The fourth-order valence-electron chi connectivity index (χ4n) is 2.19. The normalized spacial score (nSPS) is 10.5. The van der Waals surface area contributed by atoms with E-state index in [4.69, 9.17) is 32.7 Å². The van der Waals surface area contributed by atoms with Gasteiger partial charge in [-0.1, -0.05) is 41.4 Å². The minimum Gasteiger partial charge on any atom is -0.496 e. The maximum absolute atomic E-state index is 6.20. The molecule has 0 unspecified atom stereocenters. The predicted molar refractivity (Wildman–Crippen MR) is 91.2 cm³/mol. The first-order valence-corrected chi connectivity index (χ1v) is 7.84. The zero-order valence-corrected chi connectivity index (χ0v) is 14.2. The van der Waals surface area contributed by atoms with E-state index in [1.54, 1.807) is 7.11 Å². The lowest BCUT2D eigenvalue weighted by Gasteiger charge is -2.12. The van der Waals surface area contributed by atoms with Gasteiger partial charge in [-0.3, -0.25) is 0 Å². The average Bonchev–Trinajstić information content (AvgIpc) is 2.51. The second-order valence-electron chi connectivity index (χ2n) is 4.74. The smallest absolute Gasteiger partial charge is 0.156 e. The number of para-hydroxylation sites is 1. The Morgan fingerprint density at radius 2 is 1.73 bits per heavy atom. The van der Waals surface area contributed by atoms with Gasteiger partial charge in [0.25, 0.3) is 0 Å². The molecule has 0 aliphatic heterocycles. The SMILES string of the molecule is CCOc1c(Cl)cc(CNCc2ccccc2OC)cc1Cl. The number of nitrogens with one attached hydrogen (secondary N) is 1. The highest BCUT2D eigenvalue weighted by molar-refractivity contribution is 6.37. The second kappa shape index (κ2) is 8.28. The molecule has 0 amide bonds. The summed E-state index contributed by atoms with van der Waals surface area (Å²) in [6.07, 6.45) is 0. The van der Waals surface area contributed by atoms with Crippen molar-refractivity contribution in [1.82, 2.24) is 5.32 Å². The third kappa shape index (κ3) is 4.29. The summed E-state index contributed by atoms with van der Waals surface area (Å²) in [5.41, 5.74) is 2.11. The Kier molecular flexibility index (Phi) is 6.37. The molecule has 0 heterocycles. The van der Waals surface area contributed by atoms with Crippen LogP contribution in [0, 0.1) is 0 Å². The van der Waals surface area contributed by atoms with Crippen molar-refractivity contribution in [2.45, 2.75) is 20.0 Å². The highest BCUT2D eigenvalue weighted by Gasteiger charge is 2.09. The molecule has 22 heavy (non-hydrogen) atoms. The molecule has 2 rings (SSSR count). The van der Waals surface area contributed by atoms with Crippen LogP contribution in [0.25, 0.3) is 0 Å². The first kappa shape index (κ1) is 16.9. The van der Waals surface area contributed by atoms with Crippen LogP contribution in [-0.4, -0.2) is 13.7 Å². The molecule has 0 saturated heterocycles. The Balaban J connectivity index is 2.00. The number of rotatable bonds is 7. The highest BCUT2D eigenvalue weighted by Crippen LogP contribution is 2.34. The van der Waals surface area contributed by atoms with E-state index in [1.807, 2.05) is 43.3 Å². The van der Waals surface area contributed by atoms with Gasteiger partial charge in [-0.05, 0) is 30.7 Å². The van der Waals surface area contributed by atoms with Gasteiger partial charge < -0.3 is 14.8 Å². The van der Waals surface area contributed by atoms with Gasteiger partial charge in [0.15, 0.2) is 5.75 Å². The average molecular weight is 340 g/mol. The predicted octanol–water partition coefficient (Wildman–Crippen LogP) is 4.69. The molecule has 0 aliphatic rings. The standard InChI is InChI=1S/C17H19Cl2NO2/c1-3-22-17-14(18)8-12(9-15(17)19)10-20-11-13-6-4-5-7-16(13)21-2/h4-9,20H,3,10-11H2,1-2H3. The van der Waals surface area contributed by atoms with Crippen molar-refractivity contribution in [1.29, 1.82) is 0 Å². The fourth-order valence-corrected chi connectivity index (χ4v) is 2.83. The summed E-state index contributed by atoms with van der Waals surface area (Å²) >= 11 is 12.4. The largest absolute Gasteiger partial charge is 0.496 e. The Labute approximate surface area is 141 Å². The van der Waals surface area contributed by atoms with Crippen LogP contribution in [-0.2, 0) is 13.1 Å². The minimum atomic E-state index is 0.531. The molecule has 2 aromatic carbocycles. The van der Waals surface area contributed by atoms with Crippen LogP contribution in [0.5, 0.6) is 11.5 Å². The number of benzene rings is 2. The minimum absolute atomic E-state index is 0.531. The van der Waals surface area contributed by atoms with E-state index >= 15 is 0 Å². The van der Waals surface area contributed by atoms with Crippen LogP contribution in [0.1, 0.15) is 18.1 Å². The van der Waals surface area contributed by atoms with Crippen LogP contribution in [0.4, 0.5) is 0 Å². The van der Waals surface area contributed by atoms with E-state index in [0.717, 1.165) is 16.9 Å². The molecule has 5 heteroatoms. The second-order valence-corrected chi connectivity index (χ2v) is 5.55. The molecule has 0 spiro atoms. The molecule has 0 aromatic heterocycles. The number of hydrogen-bond acceptors (Lipinski definition) is 3. The molecule has 0 bridgehead atoms. The summed E-state index contributed by atoms with van der Waals surface area (Å²) in [4.78, 5) is 0. The van der Waals surface area contributed by atoms with Gasteiger partial charge >= 0.3 is 0 Å². The van der Waals surface area contributed by atoms with Crippen molar-refractivity contribution in [2.75, 3.05) is 13.7 Å². The summed E-state index contributed by atoms with van der Waals surface area (Å²) in [5.74, 6) is 1.41. The van der Waals surface area contributed by atoms with Gasteiger partial charge in [-0.15, -0.1) is 0 Å². The van der Waals surface area contributed by atoms with Crippen molar-refractivity contribution < 1.29 is 9.47 Å². The monoisotopic (exact) mass is 339 g/mol. The Hall–Kier alpha value is -1.42. The number of ether oxygens (including phenoxy) is 2. The van der Waals surface area contributed by atoms with Gasteiger partial charge in [-0.2, -0.15) is 0 Å². The summed E-state index contributed by atoms with van der Waals surface area (Å²) in [5, 5.41) is 4.42. The van der Waals surface area contributed by atoms with E-state index in [9.17, 15) is 0 Å². The van der Waals surface area contributed by atoms with E-state index < -0.39 is 0 Å². The lowest BCUT2D eigenvalue weighted by Crippen LogP contribution is -2.13. The third-order valence-corrected chi connectivity index (χ3v) is 3.75. The van der Waals surface area contributed by atoms with Gasteiger partial charge in [0.2, 0.25) is 0 Å². The van der Waals surface area contributed by atoms with Crippen LogP contribution >= 0.6 is 23.2 Å². The van der Waals surface area contributed by atoms with Crippen molar-refractivity contribution >= 4 is 23.2 Å². The molecule has 0 radical (unpaired) electrons. The van der Waals surface area contributed by atoms with Crippen molar-refractivity contribution in [3.05, 3.63) is 57.6 Å². The van der Waals surface area contributed by atoms with Gasteiger partial charge in [0, 0.05) is 18.7 Å². The van der Waals surface area contributed by atoms with Crippen molar-refractivity contribution in [3.8, 4) is 11.5 Å². The van der Waals surface area contributed by atoms with Crippen LogP contribution in [0.2, 0.25) is 10.0 Å². The summed E-state index contributed by atoms with van der Waals surface area (Å²) in [7, 11) is 1.67. The molecule has 1 N–H and O–H groups in total. The third-order valence-electron chi connectivity index (χ3n) is 3.18. The first-order chi connectivity index (χ1) is 10.7. The van der Waals surface area contributed by atoms with Gasteiger partial charge in [0.05, 0.1) is 23.8 Å². The molecule has 0 aliphatic carbocycles. The fraction of sp³-hybridized carbons (Fsp3) is 0.294. The van der Waals surface area contributed by atoms with Gasteiger partial charge in [-0.25, -0.2) is 0 Å². The zero-order chi connectivity index (χ0) is 15.9. The quantitative estimate of drug-likeness (QED) is 0.793. The Morgan fingerprint density at radius 3 is 2.36 bits per heavy atom. The molecular formula is C17H19Cl2NO2. The number of methoxy groups -OCH3 is 1. The molecule has 0 fully saturated rings. The molecule has 3 nitrogen and oxygen atoms in total. The first-order valence-electron chi connectivity index (χ1n) is 7.09. The molecule has 0 atom stereocenters. The summed E-state index contributed by atoms with van der Waals surface area (Å²) in [6.45, 7) is 3.79. The summed E-state index contributed by atoms with van der Waals surface area (Å²) < 4.78 is 10.8. The van der Waals surface area contributed by atoms with E-state index in [2.05, 4.69) is 5.32 Å². The van der Waals surface area contributed by atoms with Crippen LogP contribution in [0.3, 0.4) is 0 Å². The Morgan fingerprint density at radius 1 is 1.05 bits per heavy atom.